The van der Waals surface area contributed by atoms with Crippen LogP contribution in [0, 0.1) is 5.92 Å². The van der Waals surface area contributed by atoms with Gasteiger partial charge in [0.1, 0.15) is 11.9 Å². The number of benzene rings is 1. The maximum Gasteiger partial charge on any atom is 0.224 e. The predicted molar refractivity (Wildman–Crippen MR) is 94.0 cm³/mol. The Morgan fingerprint density at radius 2 is 2.00 bits per heavy atom. The van der Waals surface area contributed by atoms with Crippen molar-refractivity contribution >= 4 is 17.4 Å². The average molecular weight is 336 g/mol. The van der Waals surface area contributed by atoms with Crippen LogP contribution in [0.2, 0.25) is 0 Å². The lowest BCUT2D eigenvalue weighted by atomic mass is 10.0. The molecule has 4 N–H and O–H groups in total. The van der Waals surface area contributed by atoms with E-state index in [4.69, 9.17) is 10.5 Å². The molecule has 1 rings (SSSR count). The Hall–Kier alpha value is -1.92. The molecule has 2 unspecified atom stereocenters. The van der Waals surface area contributed by atoms with Crippen LogP contribution in [0.4, 0.5) is 5.69 Å². The topological polar surface area (TPSA) is 102 Å². The van der Waals surface area contributed by atoms with E-state index in [0.717, 1.165) is 6.42 Å². The van der Waals surface area contributed by atoms with Gasteiger partial charge in [0.15, 0.2) is 12.0 Å². The van der Waals surface area contributed by atoms with Crippen molar-refractivity contribution in [1.82, 2.24) is 0 Å². The van der Waals surface area contributed by atoms with Gasteiger partial charge in [0.2, 0.25) is 5.91 Å². The van der Waals surface area contributed by atoms with Crippen molar-refractivity contribution in [2.75, 3.05) is 5.32 Å². The largest absolute Gasteiger partial charge is 0.472 e. The molecule has 0 aliphatic rings. The smallest absolute Gasteiger partial charge is 0.224 e. The van der Waals surface area contributed by atoms with Crippen LogP contribution in [0.1, 0.15) is 57.3 Å². The molecule has 0 spiro atoms. The highest BCUT2D eigenvalue weighted by Gasteiger charge is 2.20. The minimum atomic E-state index is -0.925. The number of aliphatic hydroxyl groups is 1. The molecule has 2 atom stereocenters. The van der Waals surface area contributed by atoms with Gasteiger partial charge < -0.3 is 15.2 Å². The molecule has 1 amide bonds. The molecule has 134 valence electrons. The van der Waals surface area contributed by atoms with Crippen LogP contribution in [0.5, 0.6) is 5.75 Å². The van der Waals surface area contributed by atoms with Crippen LogP contribution >= 0.6 is 0 Å². The summed E-state index contributed by atoms with van der Waals surface area (Å²) in [4.78, 5) is 23.5. The number of nitrogens with two attached hydrogens (primary N) is 1. The molecule has 1 aromatic carbocycles. The van der Waals surface area contributed by atoms with Crippen LogP contribution < -0.4 is 15.8 Å². The van der Waals surface area contributed by atoms with Crippen molar-refractivity contribution in [3.05, 3.63) is 23.8 Å². The molecule has 0 fully saturated rings. The second-order valence-electron chi connectivity index (χ2n) is 6.34. The number of amides is 1. The molecule has 0 aromatic heterocycles. The normalized spacial score (nSPS) is 13.5. The third-order valence-corrected chi connectivity index (χ3v) is 3.47. The summed E-state index contributed by atoms with van der Waals surface area (Å²) in [6.07, 6.45) is -0.0867. The molecule has 0 saturated heterocycles. The Kier molecular flexibility index (Phi) is 7.88. The van der Waals surface area contributed by atoms with Gasteiger partial charge in [-0.05, 0) is 43.9 Å². The molecular formula is C18H28N2O4. The maximum atomic E-state index is 11.9. The molecule has 0 heterocycles. The first-order valence-electron chi connectivity index (χ1n) is 8.29. The Balaban J connectivity index is 2.91. The maximum absolute atomic E-state index is 11.9. The lowest BCUT2D eigenvalue weighted by Gasteiger charge is -2.23. The lowest BCUT2D eigenvalue weighted by Crippen LogP contribution is -2.40. The summed E-state index contributed by atoms with van der Waals surface area (Å²) < 4.78 is 5.57. The zero-order valence-electron chi connectivity index (χ0n) is 14.8. The van der Waals surface area contributed by atoms with Gasteiger partial charge in [-0.2, -0.15) is 0 Å². The van der Waals surface area contributed by atoms with Crippen LogP contribution in [0.15, 0.2) is 18.2 Å². The average Bonchev–Trinajstić information content (AvgIpc) is 2.47. The first-order valence-corrected chi connectivity index (χ1v) is 8.29. The van der Waals surface area contributed by atoms with E-state index in [1.54, 1.807) is 18.2 Å². The van der Waals surface area contributed by atoms with Gasteiger partial charge in [0.25, 0.3) is 0 Å². The molecule has 0 aliphatic carbocycles. The van der Waals surface area contributed by atoms with Crippen molar-refractivity contribution in [3.63, 3.8) is 0 Å². The number of carbonyl (C=O) groups is 2. The van der Waals surface area contributed by atoms with Crippen molar-refractivity contribution in [2.24, 2.45) is 11.7 Å². The minimum Gasteiger partial charge on any atom is -0.472 e. The van der Waals surface area contributed by atoms with E-state index in [9.17, 15) is 14.7 Å². The van der Waals surface area contributed by atoms with Crippen LogP contribution in [0.25, 0.3) is 0 Å². The number of ether oxygens (including phenoxy) is 1. The third-order valence-electron chi connectivity index (χ3n) is 3.47. The summed E-state index contributed by atoms with van der Waals surface area (Å²) in [6.45, 7) is 7.28. The van der Waals surface area contributed by atoms with Gasteiger partial charge in [0.05, 0.1) is 5.56 Å². The highest BCUT2D eigenvalue weighted by Crippen LogP contribution is 2.25. The molecule has 6 heteroatoms. The fourth-order valence-corrected chi connectivity index (χ4v) is 2.28. The molecule has 6 nitrogen and oxygen atoms in total. The SMILES string of the molecule is CCCC(=O)Nc1ccc(OC(N)C(O)CC(C)C)c(C(C)=O)c1. The summed E-state index contributed by atoms with van der Waals surface area (Å²) in [5.74, 6) is 0.260. The van der Waals surface area contributed by atoms with Crippen molar-refractivity contribution in [2.45, 2.75) is 59.3 Å². The molecular weight excluding hydrogens is 308 g/mol. The first kappa shape index (κ1) is 20.1. The standard InChI is InChI=1S/C18H28N2O4/c1-5-6-17(23)20-13-7-8-16(14(10-13)12(4)21)24-18(19)15(22)9-11(2)3/h7-8,10-11,15,18,22H,5-6,9,19H2,1-4H3,(H,20,23). The highest BCUT2D eigenvalue weighted by molar-refractivity contribution is 5.99. The van der Waals surface area contributed by atoms with E-state index in [1.807, 2.05) is 20.8 Å². The van der Waals surface area contributed by atoms with Crippen LogP contribution in [-0.2, 0) is 4.79 Å². The van der Waals surface area contributed by atoms with Gasteiger partial charge >= 0.3 is 0 Å². The number of rotatable bonds is 9. The monoisotopic (exact) mass is 336 g/mol. The predicted octanol–water partition coefficient (Wildman–Crippen LogP) is 2.70. The number of hydrogen-bond donors (Lipinski definition) is 3. The van der Waals surface area contributed by atoms with Gasteiger partial charge in [-0.25, -0.2) is 0 Å². The van der Waals surface area contributed by atoms with E-state index >= 15 is 0 Å². The summed E-state index contributed by atoms with van der Waals surface area (Å²) in [5, 5.41) is 12.8. The Bertz CT molecular complexity index is 572. The molecule has 0 aliphatic heterocycles. The van der Waals surface area contributed by atoms with E-state index in [-0.39, 0.29) is 17.6 Å². The van der Waals surface area contributed by atoms with Crippen molar-refractivity contribution in [3.8, 4) is 5.75 Å². The first-order chi connectivity index (χ1) is 11.2. The molecule has 0 saturated carbocycles. The molecule has 24 heavy (non-hydrogen) atoms. The second-order valence-corrected chi connectivity index (χ2v) is 6.34. The number of carbonyl (C=O) groups excluding carboxylic acids is 2. The van der Waals surface area contributed by atoms with Crippen molar-refractivity contribution in [1.29, 1.82) is 0 Å². The van der Waals surface area contributed by atoms with Crippen LogP contribution in [-0.4, -0.2) is 29.1 Å². The van der Waals surface area contributed by atoms with E-state index in [0.29, 0.717) is 29.8 Å². The molecule has 1 aromatic rings. The number of hydrogen-bond acceptors (Lipinski definition) is 5. The van der Waals surface area contributed by atoms with Crippen molar-refractivity contribution < 1.29 is 19.4 Å². The lowest BCUT2D eigenvalue weighted by molar-refractivity contribution is -0.116. The zero-order valence-corrected chi connectivity index (χ0v) is 14.8. The quantitative estimate of drug-likeness (QED) is 0.475. The summed E-state index contributed by atoms with van der Waals surface area (Å²) in [6, 6.07) is 4.80. The van der Waals surface area contributed by atoms with E-state index in [2.05, 4.69) is 5.32 Å². The number of ketones is 1. The Labute approximate surface area is 143 Å². The van der Waals surface area contributed by atoms with Gasteiger partial charge in [-0.3, -0.25) is 15.3 Å². The zero-order chi connectivity index (χ0) is 18.3. The summed E-state index contributed by atoms with van der Waals surface area (Å²) in [5.41, 5.74) is 6.72. The summed E-state index contributed by atoms with van der Waals surface area (Å²) in [7, 11) is 0. The fraction of sp³-hybridized carbons (Fsp3) is 0.556. The minimum absolute atomic E-state index is 0.107. The fourth-order valence-electron chi connectivity index (χ4n) is 2.28. The number of nitrogens with one attached hydrogen (secondary N) is 1. The second kappa shape index (κ2) is 9.39. The van der Waals surface area contributed by atoms with Crippen LogP contribution in [0.3, 0.4) is 0 Å². The number of Topliss-reactive ketones (excluding diaryl/α,β-unsaturated/α-hetero) is 1. The van der Waals surface area contributed by atoms with Gasteiger partial charge in [0, 0.05) is 12.1 Å². The number of anilines is 1. The molecule has 0 bridgehead atoms. The van der Waals surface area contributed by atoms with Gasteiger partial charge in [-0.15, -0.1) is 0 Å². The van der Waals surface area contributed by atoms with E-state index < -0.39 is 12.3 Å². The molecule has 0 radical (unpaired) electrons. The number of aliphatic hydroxyl groups excluding tert-OH is 1. The van der Waals surface area contributed by atoms with E-state index in [1.165, 1.54) is 6.92 Å². The Morgan fingerprint density at radius 1 is 1.33 bits per heavy atom. The Morgan fingerprint density at radius 3 is 2.54 bits per heavy atom. The van der Waals surface area contributed by atoms with Gasteiger partial charge in [-0.1, -0.05) is 20.8 Å². The third kappa shape index (κ3) is 6.29. The highest BCUT2D eigenvalue weighted by atomic mass is 16.5. The summed E-state index contributed by atoms with van der Waals surface area (Å²) >= 11 is 0.